The lowest BCUT2D eigenvalue weighted by Gasteiger charge is -2.26. The van der Waals surface area contributed by atoms with Crippen LogP contribution in [0.2, 0.25) is 0 Å². The van der Waals surface area contributed by atoms with E-state index in [-0.39, 0.29) is 0 Å². The molecule has 0 saturated carbocycles. The van der Waals surface area contributed by atoms with Crippen molar-refractivity contribution in [3.63, 3.8) is 0 Å². The Morgan fingerprint density at radius 3 is 2.26 bits per heavy atom. The summed E-state index contributed by atoms with van der Waals surface area (Å²) in [6.07, 6.45) is 1.04. The first kappa shape index (κ1) is 20.6. The van der Waals surface area contributed by atoms with E-state index in [2.05, 4.69) is 5.32 Å². The van der Waals surface area contributed by atoms with Gasteiger partial charge in [0, 0.05) is 12.7 Å². The van der Waals surface area contributed by atoms with Gasteiger partial charge in [-0.3, -0.25) is 4.79 Å². The third-order valence-corrected chi connectivity index (χ3v) is 5.50. The molecule has 0 unspecified atom stereocenters. The van der Waals surface area contributed by atoms with Crippen LogP contribution in [0.5, 0.6) is 0 Å². The van der Waals surface area contributed by atoms with Gasteiger partial charge < -0.3 is 10.1 Å². The second-order valence-corrected chi connectivity index (χ2v) is 8.09. The van der Waals surface area contributed by atoms with Crippen molar-refractivity contribution in [3.05, 3.63) is 65.2 Å². The maximum Gasteiger partial charge on any atom is 0.338 e. The molecule has 0 aliphatic rings. The van der Waals surface area contributed by atoms with Crippen LogP contribution in [0.1, 0.15) is 27.5 Å². The van der Waals surface area contributed by atoms with E-state index >= 15 is 0 Å². The molecule has 2 aromatic rings. The average Bonchev–Trinajstić information content (AvgIpc) is 2.63. The number of amides is 1. The van der Waals surface area contributed by atoms with Gasteiger partial charge in [-0.2, -0.15) is 4.31 Å². The van der Waals surface area contributed by atoms with Crippen molar-refractivity contribution in [3.8, 4) is 0 Å². The molecule has 0 spiro atoms. The van der Waals surface area contributed by atoms with Crippen LogP contribution in [-0.2, 0) is 19.6 Å². The molecule has 144 valence electrons. The van der Waals surface area contributed by atoms with E-state index in [1.165, 1.54) is 14.2 Å². The summed E-state index contributed by atoms with van der Waals surface area (Å²) >= 11 is 0. The van der Waals surface area contributed by atoms with Crippen molar-refractivity contribution < 1.29 is 22.7 Å². The molecule has 1 amide bonds. The van der Waals surface area contributed by atoms with E-state index in [1.807, 2.05) is 0 Å². The maximum atomic E-state index is 13.0. The standard InChI is InChI=1S/C19H22N2O5S/c1-13-15(19(23)26-3)11-8-12-16(13)20-18(22)17(21(2)27(4,24)25)14-9-6-5-7-10-14/h5-12,17H,1-4H3,(H,20,22)/t17-/m0/s1. The van der Waals surface area contributed by atoms with Crippen molar-refractivity contribution in [2.45, 2.75) is 13.0 Å². The van der Waals surface area contributed by atoms with E-state index in [0.29, 0.717) is 22.4 Å². The Kier molecular flexibility index (Phi) is 6.35. The molecule has 0 aliphatic heterocycles. The lowest BCUT2D eigenvalue weighted by molar-refractivity contribution is -0.119. The number of ether oxygens (including phenoxy) is 1. The van der Waals surface area contributed by atoms with Crippen LogP contribution in [0, 0.1) is 6.92 Å². The number of likely N-dealkylation sites (N-methyl/N-ethyl adjacent to an activating group) is 1. The summed E-state index contributed by atoms with van der Waals surface area (Å²) in [7, 11) is -0.996. The second-order valence-electron chi connectivity index (χ2n) is 6.05. The Balaban J connectivity index is 2.42. The van der Waals surface area contributed by atoms with Gasteiger partial charge in [0.1, 0.15) is 6.04 Å². The number of anilines is 1. The summed E-state index contributed by atoms with van der Waals surface area (Å²) in [5.74, 6) is -1.05. The Hall–Kier alpha value is -2.71. The smallest absolute Gasteiger partial charge is 0.338 e. The van der Waals surface area contributed by atoms with Crippen LogP contribution in [0.25, 0.3) is 0 Å². The summed E-state index contributed by atoms with van der Waals surface area (Å²) < 4.78 is 29.8. The minimum Gasteiger partial charge on any atom is -0.465 e. The second kappa shape index (κ2) is 8.32. The third kappa shape index (κ3) is 4.72. The molecule has 0 heterocycles. The summed E-state index contributed by atoms with van der Waals surface area (Å²) in [6, 6.07) is 12.4. The van der Waals surface area contributed by atoms with E-state index in [4.69, 9.17) is 4.74 Å². The molecular weight excluding hydrogens is 368 g/mol. The number of carbonyl (C=O) groups excluding carboxylic acids is 2. The van der Waals surface area contributed by atoms with Gasteiger partial charge in [0.15, 0.2) is 0 Å². The number of hydrogen-bond donors (Lipinski definition) is 1. The van der Waals surface area contributed by atoms with Gasteiger partial charge in [0.2, 0.25) is 15.9 Å². The molecule has 8 heteroatoms. The fraction of sp³-hybridized carbons (Fsp3) is 0.263. The first-order valence-corrected chi connectivity index (χ1v) is 9.98. The number of rotatable bonds is 6. The van der Waals surface area contributed by atoms with Crippen molar-refractivity contribution in [2.75, 3.05) is 25.7 Å². The minimum atomic E-state index is -3.62. The molecule has 2 rings (SSSR count). The molecule has 2 aromatic carbocycles. The maximum absolute atomic E-state index is 13.0. The predicted molar refractivity (Wildman–Crippen MR) is 103 cm³/mol. The van der Waals surface area contributed by atoms with E-state index in [0.717, 1.165) is 10.6 Å². The van der Waals surface area contributed by atoms with Gasteiger partial charge in [0.05, 0.1) is 18.9 Å². The van der Waals surface area contributed by atoms with Gasteiger partial charge in [-0.1, -0.05) is 36.4 Å². The molecule has 7 nitrogen and oxygen atoms in total. The lowest BCUT2D eigenvalue weighted by Crippen LogP contribution is -2.38. The minimum absolute atomic E-state index is 0.322. The molecular formula is C19H22N2O5S. The largest absolute Gasteiger partial charge is 0.465 e. The van der Waals surface area contributed by atoms with Crippen molar-refractivity contribution in [1.82, 2.24) is 4.31 Å². The SMILES string of the molecule is COC(=O)c1cccc(NC(=O)[C@H](c2ccccc2)N(C)S(C)(=O)=O)c1C. The number of nitrogens with one attached hydrogen (secondary N) is 1. The van der Waals surface area contributed by atoms with Crippen LogP contribution in [0.4, 0.5) is 5.69 Å². The van der Waals surface area contributed by atoms with Crippen LogP contribution in [0.15, 0.2) is 48.5 Å². The lowest BCUT2D eigenvalue weighted by atomic mass is 10.0. The molecule has 0 radical (unpaired) electrons. The van der Waals surface area contributed by atoms with Gasteiger partial charge >= 0.3 is 5.97 Å². The molecule has 0 aromatic heterocycles. The van der Waals surface area contributed by atoms with Crippen molar-refractivity contribution in [1.29, 1.82) is 0 Å². The molecule has 1 N–H and O–H groups in total. The van der Waals surface area contributed by atoms with Crippen molar-refractivity contribution in [2.24, 2.45) is 0 Å². The van der Waals surface area contributed by atoms with E-state index in [1.54, 1.807) is 55.5 Å². The Labute approximate surface area is 159 Å². The monoisotopic (exact) mass is 390 g/mol. The molecule has 1 atom stereocenters. The Morgan fingerprint density at radius 1 is 1.07 bits per heavy atom. The number of carbonyl (C=O) groups is 2. The molecule has 0 fully saturated rings. The Morgan fingerprint density at radius 2 is 1.70 bits per heavy atom. The zero-order chi connectivity index (χ0) is 20.2. The Bertz CT molecular complexity index is 942. The number of esters is 1. The number of methoxy groups -OCH3 is 1. The quantitative estimate of drug-likeness (QED) is 0.765. The average molecular weight is 390 g/mol. The molecule has 27 heavy (non-hydrogen) atoms. The molecule has 0 aliphatic carbocycles. The summed E-state index contributed by atoms with van der Waals surface area (Å²) in [5.41, 5.74) is 1.80. The van der Waals surface area contributed by atoms with E-state index in [9.17, 15) is 18.0 Å². The zero-order valence-electron chi connectivity index (χ0n) is 15.6. The van der Waals surface area contributed by atoms with Crippen LogP contribution in [0.3, 0.4) is 0 Å². The highest BCUT2D eigenvalue weighted by atomic mass is 32.2. The zero-order valence-corrected chi connectivity index (χ0v) is 16.4. The van der Waals surface area contributed by atoms with Gasteiger partial charge in [-0.25, -0.2) is 13.2 Å². The summed E-state index contributed by atoms with van der Waals surface area (Å²) in [4.78, 5) is 24.8. The predicted octanol–water partition coefficient (Wildman–Crippen LogP) is 2.35. The van der Waals surface area contributed by atoms with Gasteiger partial charge in [-0.15, -0.1) is 0 Å². The summed E-state index contributed by atoms with van der Waals surface area (Å²) in [5, 5.41) is 2.73. The number of hydrogen-bond acceptors (Lipinski definition) is 5. The molecule has 0 saturated heterocycles. The fourth-order valence-electron chi connectivity index (χ4n) is 2.66. The van der Waals surface area contributed by atoms with Crippen LogP contribution < -0.4 is 5.32 Å². The fourth-order valence-corrected chi connectivity index (χ4v) is 3.26. The highest BCUT2D eigenvalue weighted by Crippen LogP contribution is 2.26. The highest BCUT2D eigenvalue weighted by molar-refractivity contribution is 7.88. The first-order valence-electron chi connectivity index (χ1n) is 8.13. The number of sulfonamides is 1. The first-order chi connectivity index (χ1) is 12.7. The summed E-state index contributed by atoms with van der Waals surface area (Å²) in [6.45, 7) is 1.68. The van der Waals surface area contributed by atoms with Gasteiger partial charge in [0.25, 0.3) is 0 Å². The number of benzene rings is 2. The molecule has 0 bridgehead atoms. The van der Waals surface area contributed by atoms with E-state index < -0.39 is 27.9 Å². The highest BCUT2D eigenvalue weighted by Gasteiger charge is 2.31. The van der Waals surface area contributed by atoms with Crippen LogP contribution >= 0.6 is 0 Å². The number of nitrogens with zero attached hydrogens (tertiary/aromatic N) is 1. The topological polar surface area (TPSA) is 92.8 Å². The normalized spacial score (nSPS) is 12.5. The van der Waals surface area contributed by atoms with Crippen molar-refractivity contribution >= 4 is 27.6 Å². The third-order valence-electron chi connectivity index (χ3n) is 4.25. The van der Waals surface area contributed by atoms with Crippen LogP contribution in [-0.4, -0.2) is 45.0 Å². The van der Waals surface area contributed by atoms with Gasteiger partial charge in [-0.05, 0) is 30.2 Å².